The van der Waals surface area contributed by atoms with Gasteiger partial charge in [-0.05, 0) is 44.1 Å². The second-order valence-corrected chi connectivity index (χ2v) is 7.96. The Kier molecular flexibility index (Phi) is 11.7. The number of esters is 1. The number of hydrogen-bond acceptors (Lipinski definition) is 4. The van der Waals surface area contributed by atoms with Crippen molar-refractivity contribution in [2.45, 2.75) is 77.2 Å². The van der Waals surface area contributed by atoms with Crippen molar-refractivity contribution in [2.24, 2.45) is 5.92 Å². The fourth-order valence-electron chi connectivity index (χ4n) is 3.37. The van der Waals surface area contributed by atoms with Crippen LogP contribution < -0.4 is 18.1 Å². The molecule has 0 spiro atoms. The number of aryl methyl sites for hydroxylation is 1. The van der Waals surface area contributed by atoms with Gasteiger partial charge in [0.25, 0.3) is 0 Å². The van der Waals surface area contributed by atoms with Gasteiger partial charge in [0.05, 0.1) is 6.10 Å². The Hall–Kier alpha value is -1.14. The molecule has 0 bridgehead atoms. The maximum atomic E-state index is 12.2. The maximum Gasteiger partial charge on any atom is 0.365 e. The summed E-state index contributed by atoms with van der Waals surface area (Å²) in [6.07, 6.45) is 3.75. The number of rotatable bonds is 8. The van der Waals surface area contributed by atoms with Gasteiger partial charge in [0.1, 0.15) is 12.2 Å². The molecule has 4 atom stereocenters. The van der Waals surface area contributed by atoms with Crippen LogP contribution >= 0.6 is 0 Å². The fourth-order valence-corrected chi connectivity index (χ4v) is 3.37. The number of carbonyl (C=O) groups excluding carboxylic acids is 1. The lowest BCUT2D eigenvalue weighted by molar-refractivity contribution is -0.410. The summed E-state index contributed by atoms with van der Waals surface area (Å²) >= 11 is 0. The molecule has 1 aromatic carbocycles. The van der Waals surface area contributed by atoms with Gasteiger partial charge in [-0.1, -0.05) is 44.2 Å². The Morgan fingerprint density at radius 1 is 1.18 bits per heavy atom. The average Bonchev–Trinajstić information content (AvgIpc) is 2.69. The van der Waals surface area contributed by atoms with Crippen molar-refractivity contribution in [1.82, 2.24) is 0 Å². The molecule has 0 aliphatic carbocycles. The van der Waals surface area contributed by atoms with Crippen LogP contribution in [0.4, 0.5) is 0 Å². The van der Waals surface area contributed by atoms with Gasteiger partial charge >= 0.3 is 5.97 Å². The van der Waals surface area contributed by atoms with Gasteiger partial charge in [0, 0.05) is 19.6 Å². The molecule has 2 rings (SSSR count). The van der Waals surface area contributed by atoms with Gasteiger partial charge in [-0.2, -0.15) is 0 Å². The van der Waals surface area contributed by atoms with Crippen LogP contribution in [-0.2, 0) is 25.4 Å². The minimum Gasteiger partial charge on any atom is -1.00 e. The summed E-state index contributed by atoms with van der Waals surface area (Å²) in [5.74, 6) is 0.222. The highest BCUT2D eigenvalue weighted by atomic mass is 35.5. The molecule has 1 heterocycles. The second-order valence-electron chi connectivity index (χ2n) is 7.96. The van der Waals surface area contributed by atoms with Crippen molar-refractivity contribution >= 4 is 5.97 Å². The molecule has 0 amide bonds. The first kappa shape index (κ1) is 24.9. The van der Waals surface area contributed by atoms with Crippen molar-refractivity contribution in [2.75, 3.05) is 13.2 Å². The topological polar surface area (TPSA) is 72.4 Å². The third-order valence-corrected chi connectivity index (χ3v) is 4.91. The Morgan fingerprint density at radius 2 is 1.89 bits per heavy atom. The molecule has 5 nitrogen and oxygen atoms in total. The smallest absolute Gasteiger partial charge is 0.365 e. The molecule has 0 aromatic heterocycles. The number of cyclic esters (lactones) is 1. The van der Waals surface area contributed by atoms with Crippen LogP contribution in [0.2, 0.25) is 0 Å². The summed E-state index contributed by atoms with van der Waals surface area (Å²) in [4.78, 5) is 12.2. The second kappa shape index (κ2) is 13.2. The highest BCUT2D eigenvalue weighted by Crippen LogP contribution is 2.22. The van der Waals surface area contributed by atoms with Crippen LogP contribution in [0.15, 0.2) is 30.3 Å². The largest absolute Gasteiger partial charge is 1.00 e. The van der Waals surface area contributed by atoms with E-state index in [-0.39, 0.29) is 42.7 Å². The predicted octanol–water partition coefficient (Wildman–Crippen LogP) is -0.224. The summed E-state index contributed by atoms with van der Waals surface area (Å²) in [6, 6.07) is 10.1. The monoisotopic (exact) mass is 413 g/mol. The number of halogens is 1. The van der Waals surface area contributed by atoms with Gasteiger partial charge in [-0.3, -0.25) is 0 Å². The first-order chi connectivity index (χ1) is 13.0. The summed E-state index contributed by atoms with van der Waals surface area (Å²) < 4.78 is 18.0. The minimum atomic E-state index is -0.339. The Morgan fingerprint density at radius 3 is 2.57 bits per heavy atom. The highest BCUT2D eigenvalue weighted by Gasteiger charge is 2.35. The van der Waals surface area contributed by atoms with E-state index in [1.807, 2.05) is 13.0 Å². The van der Waals surface area contributed by atoms with Crippen LogP contribution in [0.25, 0.3) is 0 Å². The van der Waals surface area contributed by atoms with E-state index in [1.54, 1.807) is 0 Å². The lowest BCUT2D eigenvalue weighted by Crippen LogP contribution is -3.00. The molecule has 28 heavy (non-hydrogen) atoms. The average molecular weight is 414 g/mol. The SMILES string of the molecule is CC(C)CO[C@H]1CCC[C@H]([NH3+])C(=O)O[C@@H](C)[C@@H]1OCCCc1ccccc1.[Cl-]. The lowest BCUT2D eigenvalue weighted by Gasteiger charge is -2.31. The third kappa shape index (κ3) is 8.48. The quantitative estimate of drug-likeness (QED) is 0.472. The molecule has 1 aromatic rings. The number of quaternary nitrogens is 1. The summed E-state index contributed by atoms with van der Waals surface area (Å²) in [5, 5.41) is 0. The molecule has 1 aliphatic rings. The van der Waals surface area contributed by atoms with Gasteiger partial charge in [-0.25, -0.2) is 4.79 Å². The van der Waals surface area contributed by atoms with Crippen LogP contribution in [0, 0.1) is 5.92 Å². The molecular weight excluding hydrogens is 378 g/mol. The first-order valence-corrected chi connectivity index (χ1v) is 10.3. The van der Waals surface area contributed by atoms with Gasteiger partial charge in [-0.15, -0.1) is 0 Å². The molecule has 1 aliphatic heterocycles. The van der Waals surface area contributed by atoms with E-state index in [0.29, 0.717) is 19.1 Å². The lowest BCUT2D eigenvalue weighted by atomic mass is 10.0. The Balaban J connectivity index is 0.00000392. The van der Waals surface area contributed by atoms with Gasteiger partial charge in [0.2, 0.25) is 0 Å². The van der Waals surface area contributed by atoms with E-state index in [1.165, 1.54) is 5.56 Å². The maximum absolute atomic E-state index is 12.2. The number of benzene rings is 1. The standard InChI is InChI=1S/C22H35NO4.ClH/c1-16(2)15-26-20-13-7-12-19(23)22(24)27-17(3)21(20)25-14-8-11-18-9-5-4-6-10-18;/h4-6,9-10,16-17,19-21H,7-8,11-15,23H2,1-3H3;1H/t17-,19-,20-,21-;/m0./s1. The summed E-state index contributed by atoms with van der Waals surface area (Å²) in [7, 11) is 0. The van der Waals surface area contributed by atoms with Crippen LogP contribution in [0.3, 0.4) is 0 Å². The van der Waals surface area contributed by atoms with Crippen molar-refractivity contribution in [1.29, 1.82) is 0 Å². The van der Waals surface area contributed by atoms with Crippen molar-refractivity contribution in [3.63, 3.8) is 0 Å². The molecule has 0 unspecified atom stereocenters. The van der Waals surface area contributed by atoms with Gasteiger partial charge in [0.15, 0.2) is 6.04 Å². The molecular formula is C22H36ClNO4. The molecule has 160 valence electrons. The number of hydrogen-bond donors (Lipinski definition) is 1. The fraction of sp³-hybridized carbons (Fsp3) is 0.682. The van der Waals surface area contributed by atoms with Crippen molar-refractivity contribution in [3.05, 3.63) is 35.9 Å². The molecule has 6 heteroatoms. The van der Waals surface area contributed by atoms with E-state index in [9.17, 15) is 4.79 Å². The van der Waals surface area contributed by atoms with E-state index < -0.39 is 0 Å². The normalized spacial score (nSPS) is 26.0. The van der Waals surface area contributed by atoms with Crippen molar-refractivity contribution in [3.8, 4) is 0 Å². The zero-order valence-corrected chi connectivity index (χ0v) is 18.2. The molecule has 0 saturated carbocycles. The molecule has 3 N–H and O–H groups in total. The number of ether oxygens (including phenoxy) is 3. The van der Waals surface area contributed by atoms with Crippen LogP contribution in [0.1, 0.15) is 52.0 Å². The molecule has 1 fully saturated rings. The van der Waals surface area contributed by atoms with E-state index >= 15 is 0 Å². The predicted molar refractivity (Wildman–Crippen MR) is 105 cm³/mol. The zero-order chi connectivity index (χ0) is 19.6. The Labute approximate surface area is 175 Å². The molecule has 1 saturated heterocycles. The molecule has 0 radical (unpaired) electrons. The van der Waals surface area contributed by atoms with E-state index in [2.05, 4.69) is 43.8 Å². The van der Waals surface area contributed by atoms with Crippen LogP contribution in [-0.4, -0.2) is 43.5 Å². The van der Waals surface area contributed by atoms with Crippen molar-refractivity contribution < 1.29 is 37.1 Å². The third-order valence-electron chi connectivity index (χ3n) is 4.91. The van der Waals surface area contributed by atoms with Crippen LogP contribution in [0.5, 0.6) is 0 Å². The summed E-state index contributed by atoms with van der Waals surface area (Å²) in [5.41, 5.74) is 5.24. The zero-order valence-electron chi connectivity index (χ0n) is 17.4. The van der Waals surface area contributed by atoms with E-state index in [0.717, 1.165) is 32.1 Å². The number of carbonyl (C=O) groups is 1. The minimum absolute atomic E-state index is 0. The van der Waals surface area contributed by atoms with E-state index in [4.69, 9.17) is 14.2 Å². The first-order valence-electron chi connectivity index (χ1n) is 10.3. The highest BCUT2D eigenvalue weighted by molar-refractivity contribution is 5.74. The Bertz CT molecular complexity index is 555. The van der Waals surface area contributed by atoms with Gasteiger partial charge < -0.3 is 32.4 Å². The summed E-state index contributed by atoms with van der Waals surface area (Å²) in [6.45, 7) is 7.49.